The maximum Gasteiger partial charge on any atom is 0.304 e. The highest BCUT2D eigenvalue weighted by Gasteiger charge is 2.05. The highest BCUT2D eigenvalue weighted by atomic mass is 32.1. The van der Waals surface area contributed by atoms with Gasteiger partial charge in [0.1, 0.15) is 11.5 Å². The highest BCUT2D eigenvalue weighted by molar-refractivity contribution is 7.07. The van der Waals surface area contributed by atoms with E-state index in [9.17, 15) is 4.79 Å². The van der Waals surface area contributed by atoms with E-state index in [1.807, 2.05) is 23.6 Å². The van der Waals surface area contributed by atoms with Gasteiger partial charge in [0.05, 0.1) is 14.2 Å². The standard InChI is InChI=1S/C13H16N2O3S/c1-17-11-4-3-9(12(5-11)18-2)6-14-7-10-8-19-13(16)15-10/h3-5,8,14H,6-7H2,1-2H3,(H,15,16). The number of hydrogen-bond acceptors (Lipinski definition) is 5. The fourth-order valence-electron chi connectivity index (χ4n) is 1.73. The number of nitrogens with one attached hydrogen (secondary N) is 2. The molecule has 0 fully saturated rings. The molecule has 2 aromatic rings. The minimum absolute atomic E-state index is 0.0289. The normalized spacial score (nSPS) is 10.4. The van der Waals surface area contributed by atoms with Gasteiger partial charge in [-0.2, -0.15) is 0 Å². The fraction of sp³-hybridized carbons (Fsp3) is 0.308. The van der Waals surface area contributed by atoms with Gasteiger partial charge < -0.3 is 19.8 Å². The second kappa shape index (κ2) is 6.40. The Morgan fingerprint density at radius 2 is 2.11 bits per heavy atom. The summed E-state index contributed by atoms with van der Waals surface area (Å²) < 4.78 is 10.5. The number of thiazole rings is 1. The molecule has 0 saturated carbocycles. The third kappa shape index (κ3) is 3.59. The summed E-state index contributed by atoms with van der Waals surface area (Å²) in [4.78, 5) is 13.7. The Hall–Kier alpha value is -1.79. The molecule has 5 nitrogen and oxygen atoms in total. The zero-order valence-electron chi connectivity index (χ0n) is 10.9. The average molecular weight is 280 g/mol. The largest absolute Gasteiger partial charge is 0.497 e. The zero-order valence-corrected chi connectivity index (χ0v) is 11.7. The van der Waals surface area contributed by atoms with Crippen LogP contribution >= 0.6 is 11.3 Å². The molecule has 0 atom stereocenters. The number of rotatable bonds is 6. The smallest absolute Gasteiger partial charge is 0.304 e. The van der Waals surface area contributed by atoms with Crippen molar-refractivity contribution in [1.82, 2.24) is 10.3 Å². The van der Waals surface area contributed by atoms with Crippen molar-refractivity contribution in [2.75, 3.05) is 14.2 Å². The van der Waals surface area contributed by atoms with Gasteiger partial charge in [0.25, 0.3) is 0 Å². The summed E-state index contributed by atoms with van der Waals surface area (Å²) in [5.41, 5.74) is 1.93. The van der Waals surface area contributed by atoms with E-state index < -0.39 is 0 Å². The van der Waals surface area contributed by atoms with Gasteiger partial charge in [-0.25, -0.2) is 0 Å². The van der Waals surface area contributed by atoms with Crippen molar-refractivity contribution in [1.29, 1.82) is 0 Å². The maximum absolute atomic E-state index is 11.0. The van der Waals surface area contributed by atoms with E-state index in [0.29, 0.717) is 13.1 Å². The molecular formula is C13H16N2O3S. The lowest BCUT2D eigenvalue weighted by Crippen LogP contribution is -2.14. The Labute approximate surface area is 115 Å². The van der Waals surface area contributed by atoms with E-state index in [1.165, 1.54) is 11.3 Å². The Kier molecular flexibility index (Phi) is 4.59. The zero-order chi connectivity index (χ0) is 13.7. The van der Waals surface area contributed by atoms with Gasteiger partial charge in [0.15, 0.2) is 0 Å². The quantitative estimate of drug-likeness (QED) is 0.846. The van der Waals surface area contributed by atoms with Crippen LogP contribution in [0.2, 0.25) is 0 Å². The number of aromatic amines is 1. The van der Waals surface area contributed by atoms with Crippen LogP contribution in [0.25, 0.3) is 0 Å². The van der Waals surface area contributed by atoms with Gasteiger partial charge >= 0.3 is 4.87 Å². The van der Waals surface area contributed by atoms with Gasteiger partial charge in [-0.3, -0.25) is 4.79 Å². The molecule has 1 heterocycles. The number of benzene rings is 1. The van der Waals surface area contributed by atoms with Gasteiger partial charge in [0, 0.05) is 35.8 Å². The van der Waals surface area contributed by atoms with E-state index >= 15 is 0 Å². The predicted octanol–water partition coefficient (Wildman–Crippen LogP) is 1.74. The molecule has 0 saturated heterocycles. The second-order valence-electron chi connectivity index (χ2n) is 3.95. The van der Waals surface area contributed by atoms with Crippen molar-refractivity contribution >= 4 is 11.3 Å². The van der Waals surface area contributed by atoms with Gasteiger partial charge in [-0.15, -0.1) is 0 Å². The van der Waals surface area contributed by atoms with E-state index in [-0.39, 0.29) is 4.87 Å². The molecule has 6 heteroatoms. The summed E-state index contributed by atoms with van der Waals surface area (Å²) in [6.07, 6.45) is 0. The van der Waals surface area contributed by atoms with Crippen LogP contribution in [0.3, 0.4) is 0 Å². The van der Waals surface area contributed by atoms with Crippen LogP contribution < -0.4 is 19.7 Å². The van der Waals surface area contributed by atoms with Crippen LogP contribution in [0.4, 0.5) is 0 Å². The van der Waals surface area contributed by atoms with E-state index in [0.717, 1.165) is 22.8 Å². The van der Waals surface area contributed by atoms with Crippen LogP contribution in [-0.4, -0.2) is 19.2 Å². The molecule has 1 aromatic heterocycles. The summed E-state index contributed by atoms with van der Waals surface area (Å²) in [6, 6.07) is 5.70. The fourth-order valence-corrected chi connectivity index (χ4v) is 2.31. The lowest BCUT2D eigenvalue weighted by molar-refractivity contribution is 0.389. The van der Waals surface area contributed by atoms with Crippen LogP contribution in [0.15, 0.2) is 28.4 Å². The molecule has 0 amide bonds. The van der Waals surface area contributed by atoms with Gasteiger partial charge in [0.2, 0.25) is 0 Å². The molecule has 19 heavy (non-hydrogen) atoms. The summed E-state index contributed by atoms with van der Waals surface area (Å²) in [6.45, 7) is 1.28. The number of aromatic nitrogens is 1. The van der Waals surface area contributed by atoms with Crippen molar-refractivity contribution < 1.29 is 9.47 Å². The molecule has 102 valence electrons. The lowest BCUT2D eigenvalue weighted by Gasteiger charge is -2.10. The molecule has 0 unspecified atom stereocenters. The summed E-state index contributed by atoms with van der Waals surface area (Å²) >= 11 is 1.17. The first kappa shape index (κ1) is 13.6. The monoisotopic (exact) mass is 280 g/mol. The third-order valence-electron chi connectivity index (χ3n) is 2.70. The summed E-state index contributed by atoms with van der Waals surface area (Å²) in [5.74, 6) is 1.55. The minimum Gasteiger partial charge on any atom is -0.497 e. The Balaban J connectivity index is 1.97. The first-order valence-electron chi connectivity index (χ1n) is 5.81. The first-order chi connectivity index (χ1) is 9.22. The molecule has 1 aromatic carbocycles. The van der Waals surface area contributed by atoms with Crippen molar-refractivity contribution in [2.45, 2.75) is 13.1 Å². The Morgan fingerprint density at radius 3 is 2.74 bits per heavy atom. The highest BCUT2D eigenvalue weighted by Crippen LogP contribution is 2.24. The summed E-state index contributed by atoms with van der Waals surface area (Å²) in [5, 5.41) is 5.08. The van der Waals surface area contributed by atoms with Gasteiger partial charge in [-0.1, -0.05) is 17.4 Å². The van der Waals surface area contributed by atoms with Crippen molar-refractivity contribution in [3.05, 3.63) is 44.5 Å². The molecule has 0 aliphatic carbocycles. The van der Waals surface area contributed by atoms with Crippen LogP contribution in [0, 0.1) is 0 Å². The second-order valence-corrected chi connectivity index (χ2v) is 4.80. The van der Waals surface area contributed by atoms with Crippen molar-refractivity contribution in [3.63, 3.8) is 0 Å². The molecular weight excluding hydrogens is 264 g/mol. The molecule has 0 aliphatic rings. The van der Waals surface area contributed by atoms with Crippen molar-refractivity contribution in [3.8, 4) is 11.5 Å². The Bertz CT molecular complexity index is 592. The molecule has 0 spiro atoms. The number of ether oxygens (including phenoxy) is 2. The van der Waals surface area contributed by atoms with Crippen LogP contribution in [0.5, 0.6) is 11.5 Å². The Morgan fingerprint density at radius 1 is 1.26 bits per heavy atom. The third-order valence-corrected chi connectivity index (χ3v) is 3.41. The summed E-state index contributed by atoms with van der Waals surface area (Å²) in [7, 11) is 3.26. The van der Waals surface area contributed by atoms with Gasteiger partial charge in [-0.05, 0) is 6.07 Å². The maximum atomic E-state index is 11.0. The number of H-pyrrole nitrogens is 1. The predicted molar refractivity (Wildman–Crippen MR) is 75.0 cm³/mol. The van der Waals surface area contributed by atoms with E-state index in [1.54, 1.807) is 14.2 Å². The number of methoxy groups -OCH3 is 2. The topological polar surface area (TPSA) is 63.3 Å². The van der Waals surface area contributed by atoms with E-state index in [4.69, 9.17) is 9.47 Å². The molecule has 0 bridgehead atoms. The molecule has 0 aliphatic heterocycles. The molecule has 2 N–H and O–H groups in total. The molecule has 0 radical (unpaired) electrons. The minimum atomic E-state index is -0.0289. The number of hydrogen-bond donors (Lipinski definition) is 2. The van der Waals surface area contributed by atoms with Crippen LogP contribution in [-0.2, 0) is 13.1 Å². The average Bonchev–Trinajstić information content (AvgIpc) is 2.84. The molecule has 2 rings (SSSR count). The van der Waals surface area contributed by atoms with E-state index in [2.05, 4.69) is 10.3 Å². The van der Waals surface area contributed by atoms with Crippen molar-refractivity contribution in [2.24, 2.45) is 0 Å². The van der Waals surface area contributed by atoms with Crippen LogP contribution in [0.1, 0.15) is 11.3 Å². The lowest BCUT2D eigenvalue weighted by atomic mass is 10.2. The first-order valence-corrected chi connectivity index (χ1v) is 6.69. The SMILES string of the molecule is COc1ccc(CNCc2csc(=O)[nH]2)c(OC)c1.